The van der Waals surface area contributed by atoms with E-state index in [-0.39, 0.29) is 17.9 Å². The van der Waals surface area contributed by atoms with Gasteiger partial charge in [0.15, 0.2) is 0 Å². The molecule has 1 aromatic carbocycles. The fourth-order valence-electron chi connectivity index (χ4n) is 3.33. The van der Waals surface area contributed by atoms with Crippen molar-refractivity contribution in [3.63, 3.8) is 0 Å². The monoisotopic (exact) mass is 491 g/mol. The van der Waals surface area contributed by atoms with Gasteiger partial charge in [0.2, 0.25) is 5.91 Å². The maximum absolute atomic E-state index is 12.8. The van der Waals surface area contributed by atoms with Crippen LogP contribution >= 0.6 is 11.3 Å². The standard InChI is InChI=1S/C23H29N3O5S2/c1-23(2,3)22(27)25-19(12-15-8-10-17(11-9-15)26-33(28,29)30)21-24-20(14-32-21)16-6-5-7-18(13-16)31-4/h5-8,10-11,13-15,19,26H,9,12H2,1-4H3,(H,25,27)(H,28,29,30)/t15?,19-/m0/s1. The molecule has 3 N–H and O–H groups in total. The largest absolute Gasteiger partial charge is 0.497 e. The van der Waals surface area contributed by atoms with Gasteiger partial charge in [-0.1, -0.05) is 45.1 Å². The lowest BCUT2D eigenvalue weighted by molar-refractivity contribution is -0.129. The summed E-state index contributed by atoms with van der Waals surface area (Å²) in [5.74, 6) is 0.731. The average molecular weight is 492 g/mol. The summed E-state index contributed by atoms with van der Waals surface area (Å²) in [6.45, 7) is 5.58. The lowest BCUT2D eigenvalue weighted by atomic mass is 9.91. The fraction of sp³-hybridized carbons (Fsp3) is 0.391. The molecule has 0 bridgehead atoms. The minimum Gasteiger partial charge on any atom is -0.497 e. The minimum absolute atomic E-state index is 0.0615. The number of carbonyl (C=O) groups excluding carboxylic acids is 1. The Kier molecular flexibility index (Phi) is 7.61. The summed E-state index contributed by atoms with van der Waals surface area (Å²) in [4.78, 5) is 17.6. The Balaban J connectivity index is 1.80. The minimum atomic E-state index is -4.31. The van der Waals surface area contributed by atoms with Crippen LogP contribution in [0.5, 0.6) is 5.75 Å². The third kappa shape index (κ3) is 7.15. The van der Waals surface area contributed by atoms with Crippen molar-refractivity contribution in [1.82, 2.24) is 15.0 Å². The van der Waals surface area contributed by atoms with Gasteiger partial charge in [-0.15, -0.1) is 11.3 Å². The van der Waals surface area contributed by atoms with E-state index >= 15 is 0 Å². The molecular formula is C23H29N3O5S2. The SMILES string of the molecule is COc1cccc(-c2csc([C@H](CC3C=CC(NS(=O)(=O)O)=CC3)NC(=O)C(C)(C)C)n2)c1. The van der Waals surface area contributed by atoms with Crippen molar-refractivity contribution in [2.75, 3.05) is 7.11 Å². The zero-order chi connectivity index (χ0) is 24.2. The molecule has 0 spiro atoms. The summed E-state index contributed by atoms with van der Waals surface area (Å²) in [7, 11) is -2.69. The quantitative estimate of drug-likeness (QED) is 0.475. The molecule has 2 aromatic rings. The maximum Gasteiger partial charge on any atom is 0.357 e. The highest BCUT2D eigenvalue weighted by molar-refractivity contribution is 7.83. The number of nitrogens with one attached hydrogen (secondary N) is 2. The predicted molar refractivity (Wildman–Crippen MR) is 129 cm³/mol. The summed E-state index contributed by atoms with van der Waals surface area (Å²) in [5.41, 5.74) is 1.50. The Hall–Kier alpha value is -2.69. The Bertz CT molecular complexity index is 1160. The summed E-state index contributed by atoms with van der Waals surface area (Å²) in [6.07, 6.45) is 6.36. The van der Waals surface area contributed by atoms with E-state index in [1.165, 1.54) is 11.3 Å². The van der Waals surface area contributed by atoms with Crippen LogP contribution < -0.4 is 14.8 Å². The van der Waals surface area contributed by atoms with Crippen molar-refractivity contribution < 1.29 is 22.5 Å². The van der Waals surface area contributed by atoms with Crippen LogP contribution in [0.4, 0.5) is 0 Å². The molecular weight excluding hydrogens is 462 g/mol. The first-order valence-electron chi connectivity index (χ1n) is 10.5. The van der Waals surface area contributed by atoms with Crippen molar-refractivity contribution in [1.29, 1.82) is 0 Å². The van der Waals surface area contributed by atoms with Crippen molar-refractivity contribution in [2.45, 2.75) is 39.7 Å². The Labute approximate surface area is 198 Å². The van der Waals surface area contributed by atoms with Crippen molar-refractivity contribution in [2.24, 2.45) is 11.3 Å². The number of hydrogen-bond acceptors (Lipinski definition) is 6. The van der Waals surface area contributed by atoms with Gasteiger partial charge in [-0.2, -0.15) is 8.42 Å². The van der Waals surface area contributed by atoms with Gasteiger partial charge in [-0.05, 0) is 37.0 Å². The molecule has 0 radical (unpaired) electrons. The molecule has 1 aliphatic rings. The van der Waals surface area contributed by atoms with Gasteiger partial charge in [0.25, 0.3) is 0 Å². The first-order chi connectivity index (χ1) is 15.4. The third-order valence-electron chi connectivity index (χ3n) is 5.15. The topological polar surface area (TPSA) is 118 Å². The van der Waals surface area contributed by atoms with Gasteiger partial charge in [-0.3, -0.25) is 14.1 Å². The van der Waals surface area contributed by atoms with Crippen molar-refractivity contribution >= 4 is 27.5 Å². The van der Waals surface area contributed by atoms with Crippen LogP contribution in [0.2, 0.25) is 0 Å². The molecule has 3 rings (SSSR count). The van der Waals surface area contributed by atoms with Crippen LogP contribution in [-0.4, -0.2) is 31.0 Å². The van der Waals surface area contributed by atoms with Crippen LogP contribution in [0.1, 0.15) is 44.7 Å². The molecule has 0 fully saturated rings. The van der Waals surface area contributed by atoms with Gasteiger partial charge < -0.3 is 10.1 Å². The molecule has 8 nitrogen and oxygen atoms in total. The second kappa shape index (κ2) is 10.1. The van der Waals surface area contributed by atoms with Crippen molar-refractivity contribution in [3.8, 4) is 17.0 Å². The lowest BCUT2D eigenvalue weighted by Crippen LogP contribution is -2.38. The second-order valence-electron chi connectivity index (χ2n) is 8.91. The maximum atomic E-state index is 12.8. The number of amides is 1. The summed E-state index contributed by atoms with van der Waals surface area (Å²) in [5, 5.41) is 5.89. The van der Waals surface area contributed by atoms with E-state index in [0.717, 1.165) is 22.0 Å². The Morgan fingerprint density at radius 1 is 1.36 bits per heavy atom. The zero-order valence-corrected chi connectivity index (χ0v) is 20.7. The smallest absolute Gasteiger partial charge is 0.357 e. The number of methoxy groups -OCH3 is 1. The fourth-order valence-corrected chi connectivity index (χ4v) is 4.67. The molecule has 0 saturated carbocycles. The number of carbonyl (C=O) groups is 1. The zero-order valence-electron chi connectivity index (χ0n) is 19.0. The van der Waals surface area contributed by atoms with E-state index in [1.807, 2.05) is 56.5 Å². The van der Waals surface area contributed by atoms with Crippen LogP contribution in [0.3, 0.4) is 0 Å². The van der Waals surface area contributed by atoms with Gasteiger partial charge >= 0.3 is 10.3 Å². The predicted octanol–water partition coefficient (Wildman–Crippen LogP) is 4.26. The molecule has 1 unspecified atom stereocenters. The summed E-state index contributed by atoms with van der Waals surface area (Å²) in [6, 6.07) is 7.35. The van der Waals surface area contributed by atoms with Crippen LogP contribution in [-0.2, 0) is 15.1 Å². The molecule has 1 aromatic heterocycles. The molecule has 1 heterocycles. The molecule has 1 aliphatic carbocycles. The first kappa shape index (κ1) is 24.9. The number of benzene rings is 1. The van der Waals surface area contributed by atoms with Crippen molar-refractivity contribution in [3.05, 3.63) is 58.6 Å². The van der Waals surface area contributed by atoms with Gasteiger partial charge in [-0.25, -0.2) is 4.98 Å². The molecule has 178 valence electrons. The number of nitrogens with zero attached hydrogens (tertiary/aromatic N) is 1. The number of rotatable bonds is 8. The summed E-state index contributed by atoms with van der Waals surface area (Å²) >= 11 is 1.48. The van der Waals surface area contributed by atoms with Crippen LogP contribution in [0.15, 0.2) is 53.6 Å². The highest BCUT2D eigenvalue weighted by atomic mass is 32.2. The highest BCUT2D eigenvalue weighted by Crippen LogP contribution is 2.33. The third-order valence-corrected chi connectivity index (χ3v) is 6.60. The van der Waals surface area contributed by atoms with Gasteiger partial charge in [0.05, 0.1) is 18.8 Å². The molecule has 1 amide bonds. The van der Waals surface area contributed by atoms with E-state index in [2.05, 4.69) is 10.0 Å². The van der Waals surface area contributed by atoms with E-state index in [0.29, 0.717) is 18.5 Å². The Morgan fingerprint density at radius 3 is 2.73 bits per heavy atom. The van der Waals surface area contributed by atoms with Gasteiger partial charge in [0, 0.05) is 22.1 Å². The van der Waals surface area contributed by atoms with E-state index < -0.39 is 15.7 Å². The van der Waals surface area contributed by atoms with E-state index in [4.69, 9.17) is 14.3 Å². The Morgan fingerprint density at radius 2 is 2.12 bits per heavy atom. The first-order valence-corrected chi connectivity index (χ1v) is 12.8. The normalized spacial score (nSPS) is 17.2. The summed E-state index contributed by atoms with van der Waals surface area (Å²) < 4.78 is 38.4. The number of aromatic nitrogens is 1. The van der Waals surface area contributed by atoms with Crippen LogP contribution in [0, 0.1) is 11.3 Å². The molecule has 0 saturated heterocycles. The molecule has 0 aliphatic heterocycles. The van der Waals surface area contributed by atoms with Crippen LogP contribution in [0.25, 0.3) is 11.3 Å². The van der Waals surface area contributed by atoms with Gasteiger partial charge in [0.1, 0.15) is 10.8 Å². The molecule has 2 atom stereocenters. The lowest BCUT2D eigenvalue weighted by Gasteiger charge is -2.26. The second-order valence-corrected chi connectivity index (χ2v) is 11.0. The number of thiazole rings is 1. The molecule has 10 heteroatoms. The number of allylic oxidation sites excluding steroid dienone is 3. The van der Waals surface area contributed by atoms with E-state index in [9.17, 15) is 13.2 Å². The van der Waals surface area contributed by atoms with E-state index in [1.54, 1.807) is 19.3 Å². The number of ether oxygens (including phenoxy) is 1. The number of hydrogen-bond donors (Lipinski definition) is 3. The average Bonchev–Trinajstić information content (AvgIpc) is 3.23. The molecule has 33 heavy (non-hydrogen) atoms. The highest BCUT2D eigenvalue weighted by Gasteiger charge is 2.28.